The quantitative estimate of drug-likeness (QED) is 0.612. The Bertz CT molecular complexity index is 1080. The second-order valence-corrected chi connectivity index (χ2v) is 8.66. The van der Waals surface area contributed by atoms with E-state index in [0.717, 1.165) is 66.3 Å². The summed E-state index contributed by atoms with van der Waals surface area (Å²) in [4.78, 5) is 21.4. The lowest BCUT2D eigenvalue weighted by Gasteiger charge is -2.34. The predicted octanol–water partition coefficient (Wildman–Crippen LogP) is 3.45. The van der Waals surface area contributed by atoms with Crippen LogP contribution in [0.1, 0.15) is 25.3 Å². The second kappa shape index (κ2) is 9.71. The number of carbonyl (C=O) groups is 1. The molecule has 1 amide bonds. The van der Waals surface area contributed by atoms with Gasteiger partial charge in [0.1, 0.15) is 11.5 Å². The maximum atomic E-state index is 12.0. The molecule has 3 aromatic rings. The summed E-state index contributed by atoms with van der Waals surface area (Å²) >= 11 is 0. The predicted molar refractivity (Wildman–Crippen MR) is 126 cm³/mol. The summed E-state index contributed by atoms with van der Waals surface area (Å²) in [6.07, 6.45) is 0. The number of methoxy groups -OCH3 is 1. The molecule has 1 saturated heterocycles. The molecule has 0 saturated carbocycles. The van der Waals surface area contributed by atoms with Crippen LogP contribution < -0.4 is 10.1 Å². The number of oxazole rings is 1. The van der Waals surface area contributed by atoms with Gasteiger partial charge in [0, 0.05) is 49.7 Å². The Morgan fingerprint density at radius 3 is 2.47 bits per heavy atom. The number of aryl methyl sites for hydroxylation is 1. The number of piperazine rings is 1. The van der Waals surface area contributed by atoms with Crippen molar-refractivity contribution < 1.29 is 13.9 Å². The van der Waals surface area contributed by atoms with Gasteiger partial charge in [-0.15, -0.1) is 0 Å². The Labute approximate surface area is 189 Å². The summed E-state index contributed by atoms with van der Waals surface area (Å²) in [5, 5.41) is 5.07. The van der Waals surface area contributed by atoms with E-state index >= 15 is 0 Å². The summed E-state index contributed by atoms with van der Waals surface area (Å²) in [7, 11) is 1.69. The summed E-state index contributed by atoms with van der Waals surface area (Å²) in [6, 6.07) is 12.3. The molecule has 1 fully saturated rings. The maximum absolute atomic E-state index is 12.0. The van der Waals surface area contributed by atoms with Crippen molar-refractivity contribution in [3.63, 3.8) is 0 Å². The highest BCUT2D eigenvalue weighted by molar-refractivity contribution is 5.98. The van der Waals surface area contributed by atoms with Gasteiger partial charge in [-0.05, 0) is 38.3 Å². The number of hydrogen-bond donors (Lipinski definition) is 1. The molecule has 2 heterocycles. The molecule has 0 radical (unpaired) electrons. The fourth-order valence-electron chi connectivity index (χ4n) is 4.21. The number of amides is 1. The van der Waals surface area contributed by atoms with Gasteiger partial charge in [-0.1, -0.05) is 24.3 Å². The minimum absolute atomic E-state index is 0.0946. The molecular weight excluding hydrogens is 404 g/mol. The normalized spacial score (nSPS) is 15.4. The van der Waals surface area contributed by atoms with Crippen LogP contribution in [0, 0.1) is 6.92 Å². The van der Waals surface area contributed by atoms with Crippen LogP contribution >= 0.6 is 0 Å². The van der Waals surface area contributed by atoms with E-state index < -0.39 is 0 Å². The molecule has 4 rings (SSSR count). The van der Waals surface area contributed by atoms with Gasteiger partial charge in [0.05, 0.1) is 19.3 Å². The van der Waals surface area contributed by atoms with Crippen LogP contribution in [0.2, 0.25) is 0 Å². The Hall–Kier alpha value is -2.90. The minimum atomic E-state index is 0.0946. The molecular formula is C25H32N4O3. The van der Waals surface area contributed by atoms with E-state index in [1.165, 1.54) is 0 Å². The summed E-state index contributed by atoms with van der Waals surface area (Å²) < 4.78 is 11.6. The van der Waals surface area contributed by atoms with Crippen LogP contribution in [0.5, 0.6) is 5.75 Å². The van der Waals surface area contributed by atoms with Crippen LogP contribution in [0.4, 0.5) is 0 Å². The topological polar surface area (TPSA) is 70.8 Å². The number of hydrogen-bond acceptors (Lipinski definition) is 6. The molecule has 0 spiro atoms. The molecule has 1 aliphatic heterocycles. The smallest absolute Gasteiger partial charge is 0.234 e. The van der Waals surface area contributed by atoms with Crippen molar-refractivity contribution in [1.82, 2.24) is 20.1 Å². The molecule has 32 heavy (non-hydrogen) atoms. The van der Waals surface area contributed by atoms with E-state index in [2.05, 4.69) is 27.2 Å². The van der Waals surface area contributed by atoms with Gasteiger partial charge in [0.25, 0.3) is 0 Å². The van der Waals surface area contributed by atoms with Gasteiger partial charge in [0.15, 0.2) is 0 Å². The van der Waals surface area contributed by atoms with Crippen molar-refractivity contribution in [3.8, 4) is 17.2 Å². The molecule has 1 aromatic heterocycles. The fraction of sp³-hybridized carbons (Fsp3) is 0.440. The van der Waals surface area contributed by atoms with Gasteiger partial charge in [-0.2, -0.15) is 0 Å². The van der Waals surface area contributed by atoms with Crippen LogP contribution in [-0.2, 0) is 11.3 Å². The lowest BCUT2D eigenvalue weighted by Crippen LogP contribution is -2.49. The number of ether oxygens (including phenoxy) is 1. The Kier molecular flexibility index (Phi) is 6.77. The lowest BCUT2D eigenvalue weighted by atomic mass is 10.0. The average Bonchev–Trinajstić information content (AvgIpc) is 3.13. The number of carbonyl (C=O) groups excluding carboxylic acids is 1. The van der Waals surface area contributed by atoms with Gasteiger partial charge >= 0.3 is 0 Å². The van der Waals surface area contributed by atoms with E-state index in [9.17, 15) is 4.79 Å². The number of nitrogens with one attached hydrogen (secondary N) is 1. The molecule has 1 N–H and O–H groups in total. The van der Waals surface area contributed by atoms with Crippen LogP contribution in [0.15, 0.2) is 40.8 Å². The minimum Gasteiger partial charge on any atom is -0.496 e. The van der Waals surface area contributed by atoms with Gasteiger partial charge in [-0.3, -0.25) is 14.6 Å². The van der Waals surface area contributed by atoms with Crippen LogP contribution in [-0.4, -0.2) is 66.6 Å². The highest BCUT2D eigenvalue weighted by Crippen LogP contribution is 2.34. The molecule has 0 atom stereocenters. The van der Waals surface area contributed by atoms with Crippen molar-refractivity contribution in [2.24, 2.45) is 0 Å². The summed E-state index contributed by atoms with van der Waals surface area (Å²) in [6.45, 7) is 10.7. The van der Waals surface area contributed by atoms with E-state index in [0.29, 0.717) is 12.4 Å². The van der Waals surface area contributed by atoms with Crippen molar-refractivity contribution in [1.29, 1.82) is 0 Å². The van der Waals surface area contributed by atoms with Crippen molar-refractivity contribution in [2.45, 2.75) is 33.4 Å². The lowest BCUT2D eigenvalue weighted by molar-refractivity contribution is -0.123. The van der Waals surface area contributed by atoms with E-state index in [1.54, 1.807) is 7.11 Å². The molecule has 7 heteroatoms. The average molecular weight is 437 g/mol. The molecule has 0 aliphatic carbocycles. The number of aromatic nitrogens is 1. The Balaban J connectivity index is 1.44. The first-order valence-electron chi connectivity index (χ1n) is 11.2. The van der Waals surface area contributed by atoms with E-state index in [4.69, 9.17) is 14.1 Å². The maximum Gasteiger partial charge on any atom is 0.234 e. The molecule has 1 aliphatic rings. The molecule has 7 nitrogen and oxygen atoms in total. The largest absolute Gasteiger partial charge is 0.496 e. The number of rotatable bonds is 7. The third-order valence-electron chi connectivity index (χ3n) is 5.88. The molecule has 0 bridgehead atoms. The van der Waals surface area contributed by atoms with Gasteiger partial charge in [0.2, 0.25) is 11.8 Å². The van der Waals surface area contributed by atoms with Crippen LogP contribution in [0.3, 0.4) is 0 Å². The second-order valence-electron chi connectivity index (χ2n) is 8.66. The zero-order valence-corrected chi connectivity index (χ0v) is 19.4. The third-order valence-corrected chi connectivity index (χ3v) is 5.88. The summed E-state index contributed by atoms with van der Waals surface area (Å²) in [5.41, 5.74) is 1.93. The first-order chi connectivity index (χ1) is 15.4. The number of benzene rings is 2. The van der Waals surface area contributed by atoms with Crippen LogP contribution in [0.25, 0.3) is 22.2 Å². The molecule has 2 aromatic carbocycles. The van der Waals surface area contributed by atoms with Crippen molar-refractivity contribution in [2.75, 3.05) is 39.8 Å². The highest BCUT2D eigenvalue weighted by Gasteiger charge is 2.22. The zero-order chi connectivity index (χ0) is 22.7. The van der Waals surface area contributed by atoms with E-state index in [1.807, 2.05) is 45.0 Å². The summed E-state index contributed by atoms with van der Waals surface area (Å²) in [5.74, 6) is 2.42. The van der Waals surface area contributed by atoms with E-state index in [-0.39, 0.29) is 11.9 Å². The highest BCUT2D eigenvalue weighted by atomic mass is 16.5. The Morgan fingerprint density at radius 2 is 1.78 bits per heavy atom. The molecule has 0 unspecified atom stereocenters. The first-order valence-corrected chi connectivity index (χ1v) is 11.2. The van der Waals surface area contributed by atoms with Crippen molar-refractivity contribution in [3.05, 3.63) is 47.9 Å². The SMILES string of the molecule is COc1ccc(-c2nc(CN3CCN(CC(=O)NC(C)C)CC3)c(C)o2)c2ccccc12. The standard InChI is InChI=1S/C25H32N4O3/c1-17(2)26-24(30)16-29-13-11-28(12-14-29)15-22-18(3)32-25(27-22)21-9-10-23(31-4)20-8-6-5-7-19(20)21/h5-10,17H,11-16H2,1-4H3,(H,26,30). The number of nitrogens with zero attached hydrogens (tertiary/aromatic N) is 3. The third kappa shape index (κ3) is 4.95. The number of fused-ring (bicyclic) bond motifs is 1. The molecule has 170 valence electrons. The van der Waals surface area contributed by atoms with Crippen molar-refractivity contribution >= 4 is 16.7 Å². The monoisotopic (exact) mass is 436 g/mol. The zero-order valence-electron chi connectivity index (χ0n) is 19.4. The van der Waals surface area contributed by atoms with Gasteiger partial charge in [-0.25, -0.2) is 4.98 Å². The first kappa shape index (κ1) is 22.3. The van der Waals surface area contributed by atoms with Gasteiger partial charge < -0.3 is 14.5 Å². The fourth-order valence-corrected chi connectivity index (χ4v) is 4.21. The Morgan fingerprint density at radius 1 is 1.09 bits per heavy atom.